The average molecular weight is 511 g/mol. The number of nitrogens with zero attached hydrogens (tertiary/aromatic N) is 2. The van der Waals surface area contributed by atoms with Crippen molar-refractivity contribution in [3.8, 4) is 0 Å². The minimum Gasteiger partial charge on any atom is -0.393 e. The van der Waals surface area contributed by atoms with Crippen molar-refractivity contribution in [2.75, 3.05) is 0 Å². The van der Waals surface area contributed by atoms with E-state index in [0.29, 0.717) is 5.56 Å². The minimum absolute atomic E-state index is 0.00947. The number of carbonyl (C=O) groups is 4. The molecule has 0 aliphatic carbocycles. The first-order chi connectivity index (χ1) is 17.2. The summed E-state index contributed by atoms with van der Waals surface area (Å²) in [5.74, 6) is -9.16. The predicted molar refractivity (Wildman–Crippen MR) is 135 cm³/mol. The van der Waals surface area contributed by atoms with Crippen LogP contribution in [0.5, 0.6) is 0 Å². The highest BCUT2D eigenvalue weighted by Crippen LogP contribution is 2.33. The van der Waals surface area contributed by atoms with Crippen LogP contribution in [0.1, 0.15) is 45.8 Å². The van der Waals surface area contributed by atoms with Crippen LogP contribution in [0.3, 0.4) is 0 Å². The summed E-state index contributed by atoms with van der Waals surface area (Å²) in [4.78, 5) is 50.6. The van der Waals surface area contributed by atoms with E-state index in [1.165, 1.54) is 23.1 Å². The normalized spacial score (nSPS) is 18.4. The molecule has 2 unspecified atom stereocenters. The van der Waals surface area contributed by atoms with Gasteiger partial charge in [0, 0.05) is 35.1 Å². The fraction of sp³-hybridized carbons (Fsp3) is 0.273. The standard InChI is InChI=1S/C22H13B5ClF2N3O4/c23-12-6-11(15(24)16(25)17(12)28)22(29,30)21(37)33(27)18(26)8-1-2-10-9(5-8)7-32(20(10)36)13-3-4-14(34)31-19(13)35/h1-2,5-6,13,18H,3-4,7H2,(H,31,34,35). The number of halogens is 3. The lowest BCUT2D eigenvalue weighted by Crippen LogP contribution is -2.52. The molecule has 2 aliphatic rings. The Morgan fingerprint density at radius 1 is 1.16 bits per heavy atom. The number of rotatable bonds is 5. The van der Waals surface area contributed by atoms with E-state index in [-0.39, 0.29) is 45.8 Å². The van der Waals surface area contributed by atoms with Gasteiger partial charge < -0.3 is 9.71 Å². The summed E-state index contributed by atoms with van der Waals surface area (Å²) in [5, 5.41) is 1.97. The lowest BCUT2D eigenvalue weighted by Gasteiger charge is -2.32. The first kappa shape index (κ1) is 27.0. The van der Waals surface area contributed by atoms with Crippen LogP contribution in [0.15, 0.2) is 24.3 Å². The maximum absolute atomic E-state index is 15.1. The van der Waals surface area contributed by atoms with Gasteiger partial charge in [-0.05, 0) is 23.6 Å². The molecule has 1 saturated heterocycles. The molecule has 4 rings (SSSR count). The molecule has 7 nitrogen and oxygen atoms in total. The van der Waals surface area contributed by atoms with Gasteiger partial charge in [-0.25, -0.2) is 0 Å². The lowest BCUT2D eigenvalue weighted by atomic mass is 9.72. The maximum Gasteiger partial charge on any atom is 0.348 e. The van der Waals surface area contributed by atoms with Gasteiger partial charge >= 0.3 is 5.92 Å². The second-order valence-corrected chi connectivity index (χ2v) is 9.08. The molecule has 2 atom stereocenters. The summed E-state index contributed by atoms with van der Waals surface area (Å²) in [7, 11) is 28.6. The Morgan fingerprint density at radius 2 is 1.84 bits per heavy atom. The molecule has 0 bridgehead atoms. The number of carbonyl (C=O) groups excluding carboxylic acids is 4. The van der Waals surface area contributed by atoms with E-state index in [1.54, 1.807) is 0 Å². The van der Waals surface area contributed by atoms with Gasteiger partial charge in [-0.15, -0.1) is 0 Å². The number of alkyl halides is 2. The van der Waals surface area contributed by atoms with Crippen molar-refractivity contribution in [2.24, 2.45) is 0 Å². The number of hydrogen-bond acceptors (Lipinski definition) is 4. The quantitative estimate of drug-likeness (QED) is 0.386. The number of imide groups is 1. The molecule has 4 amide bonds. The fourth-order valence-corrected chi connectivity index (χ4v) is 4.47. The zero-order chi connectivity index (χ0) is 27.4. The molecular formula is C22H13B5ClF2N3O4. The van der Waals surface area contributed by atoms with Gasteiger partial charge in [0.25, 0.3) is 11.8 Å². The molecular weight excluding hydrogens is 498 g/mol. The summed E-state index contributed by atoms with van der Waals surface area (Å²) < 4.78 is 30.3. The van der Waals surface area contributed by atoms with E-state index in [0.717, 1.165) is 6.07 Å². The smallest absolute Gasteiger partial charge is 0.348 e. The lowest BCUT2D eigenvalue weighted by molar-refractivity contribution is -0.154. The Bertz CT molecular complexity index is 1360. The van der Waals surface area contributed by atoms with Crippen LogP contribution in [0.2, 0.25) is 5.02 Å². The summed E-state index contributed by atoms with van der Waals surface area (Å²) >= 11 is 5.83. The van der Waals surface area contributed by atoms with Crippen molar-refractivity contribution in [3.05, 3.63) is 51.5 Å². The number of piperidine rings is 1. The number of benzene rings is 2. The molecule has 1 fully saturated rings. The Morgan fingerprint density at radius 3 is 2.49 bits per heavy atom. The summed E-state index contributed by atoms with van der Waals surface area (Å²) in [6.07, 6.45) is 0.250. The van der Waals surface area contributed by atoms with Crippen molar-refractivity contribution >= 4 is 91.0 Å². The SMILES string of the molecule is [B]c1cc(C(F)(F)C(=O)N([B])C([B])c2ccc3c(c2)CN(C2CCC(=O)NC2=O)C3=O)c([B])c([B])c1Cl. The average Bonchev–Trinajstić information content (AvgIpc) is 3.18. The van der Waals surface area contributed by atoms with Crippen LogP contribution in [0.25, 0.3) is 0 Å². The van der Waals surface area contributed by atoms with Gasteiger partial charge in [0.2, 0.25) is 19.8 Å². The summed E-state index contributed by atoms with van der Waals surface area (Å²) in [6.45, 7) is 0.00947. The molecule has 2 aliphatic heterocycles. The zero-order valence-corrected chi connectivity index (χ0v) is 19.9. The second-order valence-electron chi connectivity index (χ2n) is 8.70. The highest BCUT2D eigenvalue weighted by molar-refractivity contribution is 6.59. The Hall–Kier alpha value is -3.01. The fourth-order valence-electron chi connectivity index (χ4n) is 4.32. The van der Waals surface area contributed by atoms with Crippen molar-refractivity contribution in [1.82, 2.24) is 15.0 Å². The van der Waals surface area contributed by atoms with E-state index in [1.807, 2.05) is 0 Å². The van der Waals surface area contributed by atoms with Gasteiger partial charge in [-0.2, -0.15) is 8.78 Å². The molecule has 2 heterocycles. The molecule has 0 saturated carbocycles. The Labute approximate surface area is 222 Å². The number of fused-ring (bicyclic) bond motifs is 1. The topological polar surface area (TPSA) is 86.8 Å². The van der Waals surface area contributed by atoms with Crippen LogP contribution in [-0.2, 0) is 26.9 Å². The first-order valence-corrected chi connectivity index (χ1v) is 11.3. The van der Waals surface area contributed by atoms with Gasteiger partial charge in [0.15, 0.2) is 0 Å². The molecule has 1 N–H and O–H groups in total. The van der Waals surface area contributed by atoms with E-state index in [4.69, 9.17) is 51.0 Å². The van der Waals surface area contributed by atoms with Crippen LogP contribution in [0, 0.1) is 0 Å². The number of nitrogens with one attached hydrogen (secondary N) is 1. The molecule has 15 heteroatoms. The van der Waals surface area contributed by atoms with Gasteiger partial charge in [-0.1, -0.05) is 46.2 Å². The van der Waals surface area contributed by atoms with Crippen molar-refractivity contribution in [3.63, 3.8) is 0 Å². The van der Waals surface area contributed by atoms with E-state index >= 15 is 8.78 Å². The summed E-state index contributed by atoms with van der Waals surface area (Å²) in [6, 6.07) is 4.07. The highest BCUT2D eigenvalue weighted by atomic mass is 35.5. The number of hydrogen-bond donors (Lipinski definition) is 1. The van der Waals surface area contributed by atoms with Gasteiger partial charge in [0.1, 0.15) is 37.4 Å². The van der Waals surface area contributed by atoms with Gasteiger partial charge in [0.05, 0.1) is 0 Å². The molecule has 0 aromatic heterocycles. The Kier molecular flexibility index (Phi) is 7.09. The second kappa shape index (κ2) is 9.70. The van der Waals surface area contributed by atoms with Crippen molar-refractivity contribution in [2.45, 2.75) is 37.3 Å². The van der Waals surface area contributed by atoms with Crippen LogP contribution < -0.4 is 21.7 Å². The Balaban J connectivity index is 1.57. The number of amides is 4. The molecule has 2 aromatic carbocycles. The third kappa shape index (κ3) is 4.60. The van der Waals surface area contributed by atoms with E-state index in [9.17, 15) is 19.2 Å². The minimum atomic E-state index is -4.27. The highest BCUT2D eigenvalue weighted by Gasteiger charge is 2.45. The summed E-state index contributed by atoms with van der Waals surface area (Å²) in [5.41, 5.74) is -1.50. The molecule has 37 heavy (non-hydrogen) atoms. The molecule has 0 spiro atoms. The van der Waals surface area contributed by atoms with Crippen LogP contribution in [-0.4, -0.2) is 78.7 Å². The monoisotopic (exact) mass is 511 g/mol. The van der Waals surface area contributed by atoms with E-state index in [2.05, 4.69) is 5.32 Å². The first-order valence-electron chi connectivity index (χ1n) is 10.9. The van der Waals surface area contributed by atoms with Crippen molar-refractivity contribution < 1.29 is 28.0 Å². The van der Waals surface area contributed by atoms with Crippen molar-refractivity contribution in [1.29, 1.82) is 0 Å². The zero-order valence-electron chi connectivity index (χ0n) is 19.1. The van der Waals surface area contributed by atoms with Crippen LogP contribution in [0.4, 0.5) is 8.78 Å². The van der Waals surface area contributed by atoms with Gasteiger partial charge in [-0.3, -0.25) is 24.5 Å². The van der Waals surface area contributed by atoms with Crippen LogP contribution >= 0.6 is 11.6 Å². The third-order valence-electron chi connectivity index (χ3n) is 6.40. The largest absolute Gasteiger partial charge is 0.393 e. The third-order valence-corrected chi connectivity index (χ3v) is 6.82. The molecule has 176 valence electrons. The maximum atomic E-state index is 15.1. The molecule has 2 aromatic rings. The van der Waals surface area contributed by atoms with E-state index < -0.39 is 58.0 Å². The predicted octanol–water partition coefficient (Wildman–Crippen LogP) is -1.65. The molecule has 10 radical (unpaired) electrons.